The molecule has 0 heterocycles. The predicted molar refractivity (Wildman–Crippen MR) is 98.9 cm³/mol. The van der Waals surface area contributed by atoms with Crippen molar-refractivity contribution in [3.8, 4) is 0 Å². The summed E-state index contributed by atoms with van der Waals surface area (Å²) in [5, 5.41) is 0. The van der Waals surface area contributed by atoms with Crippen molar-refractivity contribution in [1.29, 1.82) is 0 Å². The van der Waals surface area contributed by atoms with Crippen molar-refractivity contribution in [3.63, 3.8) is 0 Å². The summed E-state index contributed by atoms with van der Waals surface area (Å²) < 4.78 is 5.44. The van der Waals surface area contributed by atoms with E-state index in [9.17, 15) is 9.59 Å². The molecule has 0 bridgehead atoms. The highest BCUT2D eigenvalue weighted by Gasteiger charge is 2.62. The zero-order chi connectivity index (χ0) is 18.6. The molecule has 3 saturated carbocycles. The number of carbonyl (C=O) groups is 2. The Balaban J connectivity index is 1.95. The van der Waals surface area contributed by atoms with Crippen molar-refractivity contribution in [1.82, 2.24) is 0 Å². The van der Waals surface area contributed by atoms with Gasteiger partial charge in [0.05, 0.1) is 6.61 Å². The highest BCUT2D eigenvalue weighted by atomic mass is 16.5. The van der Waals surface area contributed by atoms with E-state index in [4.69, 9.17) is 4.74 Å². The minimum Gasteiger partial charge on any atom is -0.465 e. The fourth-order valence-corrected chi connectivity index (χ4v) is 6.94. The van der Waals surface area contributed by atoms with Crippen molar-refractivity contribution in [2.75, 3.05) is 6.61 Å². The fourth-order valence-electron chi connectivity index (χ4n) is 6.94. The third-order valence-electron chi connectivity index (χ3n) is 8.34. The molecule has 0 aliphatic heterocycles. The van der Waals surface area contributed by atoms with Gasteiger partial charge in [0.25, 0.3) is 0 Å². The minimum atomic E-state index is -0.214. The van der Waals surface area contributed by atoms with E-state index in [1.54, 1.807) is 0 Å². The number of hydrogen-bond acceptors (Lipinski definition) is 3. The predicted octanol–water partition coefficient (Wildman–Crippen LogP) is 4.94. The Labute approximate surface area is 152 Å². The number of esters is 1. The van der Waals surface area contributed by atoms with Crippen LogP contribution in [0, 0.1) is 34.0 Å². The van der Waals surface area contributed by atoms with Gasteiger partial charge in [0.2, 0.25) is 0 Å². The largest absolute Gasteiger partial charge is 0.465 e. The van der Waals surface area contributed by atoms with E-state index in [2.05, 4.69) is 34.3 Å². The highest BCUT2D eigenvalue weighted by molar-refractivity contribution is 5.85. The van der Waals surface area contributed by atoms with Crippen LogP contribution in [-0.4, -0.2) is 18.4 Å². The normalized spacial score (nSPS) is 43.2. The topological polar surface area (TPSA) is 43.4 Å². The first-order valence-corrected chi connectivity index (χ1v) is 9.88. The van der Waals surface area contributed by atoms with E-state index in [1.165, 1.54) is 12.5 Å². The average molecular weight is 347 g/mol. The van der Waals surface area contributed by atoms with Crippen LogP contribution in [0.3, 0.4) is 0 Å². The summed E-state index contributed by atoms with van der Waals surface area (Å²) in [6, 6.07) is 0. The molecule has 0 N–H and O–H groups in total. The van der Waals surface area contributed by atoms with Gasteiger partial charge in [-0.25, -0.2) is 0 Å². The summed E-state index contributed by atoms with van der Waals surface area (Å²) in [6.07, 6.45) is 6.08. The van der Waals surface area contributed by atoms with E-state index >= 15 is 0 Å². The van der Waals surface area contributed by atoms with Gasteiger partial charge in [-0.2, -0.15) is 0 Å². The fraction of sp³-hybridized carbons (Fsp3) is 0.818. The van der Waals surface area contributed by atoms with Crippen LogP contribution >= 0.6 is 0 Å². The Morgan fingerprint density at radius 3 is 2.40 bits per heavy atom. The molecule has 0 spiro atoms. The van der Waals surface area contributed by atoms with E-state index in [-0.39, 0.29) is 28.1 Å². The van der Waals surface area contributed by atoms with Crippen LogP contribution in [0.15, 0.2) is 12.2 Å². The Bertz CT molecular complexity index is 604. The Hall–Kier alpha value is -1.12. The maximum absolute atomic E-state index is 12.6. The van der Waals surface area contributed by atoms with E-state index < -0.39 is 0 Å². The third kappa shape index (κ3) is 2.69. The molecule has 140 valence electrons. The van der Waals surface area contributed by atoms with Gasteiger partial charge in [0.15, 0.2) is 0 Å². The molecule has 3 aliphatic rings. The summed E-state index contributed by atoms with van der Waals surface area (Å²) in [7, 11) is 0. The van der Waals surface area contributed by atoms with Gasteiger partial charge in [0, 0.05) is 24.7 Å². The quantitative estimate of drug-likeness (QED) is 0.525. The van der Waals surface area contributed by atoms with E-state index in [0.717, 1.165) is 32.1 Å². The van der Waals surface area contributed by atoms with Gasteiger partial charge in [-0.3, -0.25) is 9.59 Å². The number of Topliss-reactive ketones (excluding diaryl/α,β-unsaturated/α-hetero) is 1. The molecule has 0 aromatic rings. The Kier molecular flexibility index (Phi) is 4.45. The first-order chi connectivity index (χ1) is 11.5. The lowest BCUT2D eigenvalue weighted by Gasteiger charge is -2.65. The molecule has 3 rings (SSSR count). The number of rotatable bonds is 2. The summed E-state index contributed by atoms with van der Waals surface area (Å²) >= 11 is 0. The van der Waals surface area contributed by atoms with Crippen LogP contribution in [0.1, 0.15) is 73.1 Å². The highest BCUT2D eigenvalue weighted by Crippen LogP contribution is 2.68. The van der Waals surface area contributed by atoms with Crippen molar-refractivity contribution < 1.29 is 14.3 Å². The minimum absolute atomic E-state index is 0.118. The molecule has 0 aromatic heterocycles. The monoisotopic (exact) mass is 346 g/mol. The maximum atomic E-state index is 12.6. The van der Waals surface area contributed by atoms with Crippen LogP contribution in [-0.2, 0) is 14.3 Å². The molecule has 25 heavy (non-hydrogen) atoms. The second-order valence-corrected chi connectivity index (χ2v) is 9.85. The van der Waals surface area contributed by atoms with Crippen LogP contribution in [0.25, 0.3) is 0 Å². The lowest BCUT2D eigenvalue weighted by atomic mass is 9.39. The van der Waals surface area contributed by atoms with Gasteiger partial charge >= 0.3 is 5.97 Å². The summed E-state index contributed by atoms with van der Waals surface area (Å²) in [4.78, 5) is 24.0. The molecule has 3 aliphatic carbocycles. The number of carbonyl (C=O) groups excluding carboxylic acids is 2. The molecule has 3 heteroatoms. The molecule has 3 fully saturated rings. The number of ether oxygens (including phenoxy) is 1. The number of hydrogen-bond donors (Lipinski definition) is 0. The van der Waals surface area contributed by atoms with Crippen molar-refractivity contribution >= 4 is 11.8 Å². The van der Waals surface area contributed by atoms with Crippen molar-refractivity contribution in [2.24, 2.45) is 34.0 Å². The van der Waals surface area contributed by atoms with Crippen LogP contribution in [0.2, 0.25) is 0 Å². The summed E-state index contributed by atoms with van der Waals surface area (Å²) in [5.41, 5.74) is 1.34. The summed E-state index contributed by atoms with van der Waals surface area (Å²) in [5.74, 6) is 1.50. The first kappa shape index (κ1) is 18.7. The third-order valence-corrected chi connectivity index (χ3v) is 8.34. The number of ketones is 1. The zero-order valence-electron chi connectivity index (χ0n) is 16.6. The molecule has 0 saturated heterocycles. The van der Waals surface area contributed by atoms with Gasteiger partial charge < -0.3 is 4.74 Å². The molecule has 3 nitrogen and oxygen atoms in total. The molecule has 5 atom stereocenters. The first-order valence-electron chi connectivity index (χ1n) is 9.88. The molecule has 0 unspecified atom stereocenters. The second kappa shape index (κ2) is 5.96. The zero-order valence-corrected chi connectivity index (χ0v) is 16.6. The van der Waals surface area contributed by atoms with Gasteiger partial charge in [-0.05, 0) is 54.8 Å². The average Bonchev–Trinajstić information content (AvgIpc) is 2.50. The molecular formula is C22H34O3. The van der Waals surface area contributed by atoms with Crippen molar-refractivity contribution in [3.05, 3.63) is 12.2 Å². The molecule has 0 aromatic carbocycles. The Morgan fingerprint density at radius 1 is 1.08 bits per heavy atom. The van der Waals surface area contributed by atoms with Crippen molar-refractivity contribution in [2.45, 2.75) is 73.1 Å². The second-order valence-electron chi connectivity index (χ2n) is 9.85. The molecular weight excluding hydrogens is 312 g/mol. The maximum Gasteiger partial charge on any atom is 0.302 e. The Morgan fingerprint density at radius 2 is 1.76 bits per heavy atom. The lowest BCUT2D eigenvalue weighted by molar-refractivity contribution is -0.174. The van der Waals surface area contributed by atoms with E-state index in [1.807, 2.05) is 0 Å². The van der Waals surface area contributed by atoms with Crippen LogP contribution in [0.4, 0.5) is 0 Å². The molecule has 0 amide bonds. The molecule has 0 radical (unpaired) electrons. The standard InChI is InChI=1S/C22H34O3/c1-14-7-8-18-21(5,16(14)13-25-15(2)23)11-9-17-20(3,4)19(24)10-12-22(17,18)6/h16-18H,1,7-13H2,2-6H3/t16-,17+,18+,21+,22+/m1/s1. The van der Waals surface area contributed by atoms with Crippen LogP contribution in [0.5, 0.6) is 0 Å². The SMILES string of the molecule is C=C1CC[C@H]2[C@@](C)(CC[C@H]3C(C)(C)C(=O)CC[C@]23C)[C@@H]1COC(C)=O. The summed E-state index contributed by atoms with van der Waals surface area (Å²) in [6.45, 7) is 15.4. The van der Waals surface area contributed by atoms with Crippen LogP contribution < -0.4 is 0 Å². The van der Waals surface area contributed by atoms with Gasteiger partial charge in [-0.1, -0.05) is 39.8 Å². The van der Waals surface area contributed by atoms with Gasteiger partial charge in [0.1, 0.15) is 5.78 Å². The van der Waals surface area contributed by atoms with Gasteiger partial charge in [-0.15, -0.1) is 0 Å². The number of fused-ring (bicyclic) bond motifs is 3. The smallest absolute Gasteiger partial charge is 0.302 e. The lowest BCUT2D eigenvalue weighted by Crippen LogP contribution is -2.60. The van der Waals surface area contributed by atoms with E-state index in [0.29, 0.717) is 30.6 Å².